The molecule has 0 aliphatic heterocycles. The van der Waals surface area contributed by atoms with Crippen LogP contribution < -0.4 is 0 Å². The Morgan fingerprint density at radius 3 is 1.96 bits per heavy atom. The van der Waals surface area contributed by atoms with E-state index in [0.717, 1.165) is 19.4 Å². The van der Waals surface area contributed by atoms with Crippen molar-refractivity contribution in [1.29, 1.82) is 0 Å². The third kappa shape index (κ3) is 7.94. The van der Waals surface area contributed by atoms with E-state index >= 15 is 0 Å². The van der Waals surface area contributed by atoms with Gasteiger partial charge in [-0.15, -0.1) is 0 Å². The van der Waals surface area contributed by atoms with Gasteiger partial charge in [-0.05, 0) is 25.5 Å². The summed E-state index contributed by atoms with van der Waals surface area (Å²) in [7, 11) is 0. The molecule has 24 heavy (non-hydrogen) atoms. The maximum Gasteiger partial charge on any atom is 0.256 e. The van der Waals surface area contributed by atoms with Crippen molar-refractivity contribution in [2.45, 2.75) is 78.1 Å². The first-order chi connectivity index (χ1) is 11.7. The highest BCUT2D eigenvalue weighted by molar-refractivity contribution is 5.94. The Kier molecular flexibility index (Phi) is 11.2. The van der Waals surface area contributed by atoms with E-state index in [9.17, 15) is 9.18 Å². The lowest BCUT2D eigenvalue weighted by molar-refractivity contribution is 0.0756. The zero-order valence-corrected chi connectivity index (χ0v) is 15.5. The summed E-state index contributed by atoms with van der Waals surface area (Å²) in [5, 5.41) is 0. The first-order valence-electron chi connectivity index (χ1n) is 9.74. The molecule has 1 aromatic carbocycles. The van der Waals surface area contributed by atoms with E-state index in [1.165, 1.54) is 57.4 Å². The van der Waals surface area contributed by atoms with E-state index in [2.05, 4.69) is 6.92 Å². The van der Waals surface area contributed by atoms with Crippen molar-refractivity contribution in [1.82, 2.24) is 4.90 Å². The molecule has 0 bridgehead atoms. The number of nitrogens with zero attached hydrogens (tertiary/aromatic N) is 1. The van der Waals surface area contributed by atoms with Gasteiger partial charge < -0.3 is 4.90 Å². The summed E-state index contributed by atoms with van der Waals surface area (Å²) in [6.07, 6.45) is 12.8. The van der Waals surface area contributed by atoms with Gasteiger partial charge in [0, 0.05) is 13.1 Å². The molecule has 3 heteroatoms. The third-order valence-electron chi connectivity index (χ3n) is 4.55. The van der Waals surface area contributed by atoms with E-state index in [-0.39, 0.29) is 11.5 Å². The molecule has 0 saturated carbocycles. The average Bonchev–Trinajstić information content (AvgIpc) is 2.60. The molecule has 0 spiro atoms. The fourth-order valence-corrected chi connectivity index (χ4v) is 3.00. The Labute approximate surface area is 147 Å². The number of carbonyl (C=O) groups excluding carboxylic acids is 1. The largest absolute Gasteiger partial charge is 0.339 e. The fraction of sp³-hybridized carbons (Fsp3) is 0.667. The van der Waals surface area contributed by atoms with E-state index in [0.29, 0.717) is 6.54 Å². The average molecular weight is 336 g/mol. The van der Waals surface area contributed by atoms with Crippen LogP contribution >= 0.6 is 0 Å². The standard InChI is InChI=1S/C21H34FNO/c1-3-5-6-7-8-9-10-11-12-15-18-23(4-2)21(24)19-16-13-14-17-20(19)22/h13-14,16-17H,3-12,15,18H2,1-2H3. The zero-order chi connectivity index (χ0) is 17.6. The minimum Gasteiger partial charge on any atom is -0.339 e. The molecule has 1 amide bonds. The highest BCUT2D eigenvalue weighted by Crippen LogP contribution is 2.13. The number of benzene rings is 1. The van der Waals surface area contributed by atoms with Gasteiger partial charge in [-0.2, -0.15) is 0 Å². The van der Waals surface area contributed by atoms with Crippen molar-refractivity contribution in [3.8, 4) is 0 Å². The van der Waals surface area contributed by atoms with Gasteiger partial charge in [0.1, 0.15) is 5.82 Å². The van der Waals surface area contributed by atoms with Gasteiger partial charge in [0.2, 0.25) is 0 Å². The van der Waals surface area contributed by atoms with Gasteiger partial charge in [-0.3, -0.25) is 4.79 Å². The van der Waals surface area contributed by atoms with E-state index < -0.39 is 5.82 Å². The summed E-state index contributed by atoms with van der Waals surface area (Å²) in [5.74, 6) is -0.615. The van der Waals surface area contributed by atoms with Crippen LogP contribution in [0.1, 0.15) is 88.4 Å². The molecule has 0 unspecified atom stereocenters. The molecule has 0 fully saturated rings. The van der Waals surface area contributed by atoms with Crippen LogP contribution in [0.2, 0.25) is 0 Å². The van der Waals surface area contributed by atoms with E-state index in [4.69, 9.17) is 0 Å². The minimum absolute atomic E-state index is 0.187. The topological polar surface area (TPSA) is 20.3 Å². The molecule has 0 heterocycles. The number of unbranched alkanes of at least 4 members (excludes halogenated alkanes) is 9. The van der Waals surface area contributed by atoms with Crippen molar-refractivity contribution in [3.63, 3.8) is 0 Å². The van der Waals surface area contributed by atoms with Crippen molar-refractivity contribution in [2.75, 3.05) is 13.1 Å². The first-order valence-corrected chi connectivity index (χ1v) is 9.74. The maximum absolute atomic E-state index is 13.7. The van der Waals surface area contributed by atoms with Gasteiger partial charge in [0.05, 0.1) is 5.56 Å². The molecule has 0 N–H and O–H groups in total. The Hall–Kier alpha value is -1.38. The van der Waals surface area contributed by atoms with Gasteiger partial charge in [0.25, 0.3) is 5.91 Å². The number of carbonyl (C=O) groups is 1. The highest BCUT2D eigenvalue weighted by Gasteiger charge is 2.16. The molecule has 0 aromatic heterocycles. The van der Waals surface area contributed by atoms with Crippen LogP contribution in [-0.4, -0.2) is 23.9 Å². The van der Waals surface area contributed by atoms with Gasteiger partial charge >= 0.3 is 0 Å². The molecular formula is C21H34FNO. The lowest BCUT2D eigenvalue weighted by Gasteiger charge is -2.21. The monoisotopic (exact) mass is 335 g/mol. The van der Waals surface area contributed by atoms with Crippen LogP contribution in [0.15, 0.2) is 24.3 Å². The summed E-state index contributed by atoms with van der Waals surface area (Å²) >= 11 is 0. The quantitative estimate of drug-likeness (QED) is 0.392. The van der Waals surface area contributed by atoms with Crippen molar-refractivity contribution < 1.29 is 9.18 Å². The molecule has 2 nitrogen and oxygen atoms in total. The number of amides is 1. The Balaban J connectivity index is 2.16. The van der Waals surface area contributed by atoms with E-state index in [1.54, 1.807) is 23.1 Å². The van der Waals surface area contributed by atoms with Crippen molar-refractivity contribution in [3.05, 3.63) is 35.6 Å². The van der Waals surface area contributed by atoms with Crippen LogP contribution in [0.3, 0.4) is 0 Å². The molecule has 0 aliphatic rings. The minimum atomic E-state index is -0.427. The Bertz CT molecular complexity index is 461. The predicted molar refractivity (Wildman–Crippen MR) is 99.8 cm³/mol. The Morgan fingerprint density at radius 2 is 1.42 bits per heavy atom. The lowest BCUT2D eigenvalue weighted by atomic mass is 10.1. The van der Waals surface area contributed by atoms with Gasteiger partial charge in [-0.1, -0.05) is 76.8 Å². The summed E-state index contributed by atoms with van der Waals surface area (Å²) in [5.41, 5.74) is 0.187. The smallest absolute Gasteiger partial charge is 0.256 e. The second-order valence-electron chi connectivity index (χ2n) is 6.55. The summed E-state index contributed by atoms with van der Waals surface area (Å²) in [4.78, 5) is 14.1. The highest BCUT2D eigenvalue weighted by atomic mass is 19.1. The number of hydrogen-bond donors (Lipinski definition) is 0. The fourth-order valence-electron chi connectivity index (χ4n) is 3.00. The summed E-state index contributed by atoms with van der Waals surface area (Å²) in [6, 6.07) is 6.25. The predicted octanol–water partition coefficient (Wildman–Crippen LogP) is 6.21. The van der Waals surface area contributed by atoms with Crippen LogP contribution in [0.4, 0.5) is 4.39 Å². The molecule has 1 aromatic rings. The molecule has 0 radical (unpaired) electrons. The van der Waals surface area contributed by atoms with Crippen LogP contribution in [0.5, 0.6) is 0 Å². The summed E-state index contributed by atoms with van der Waals surface area (Å²) in [6.45, 7) is 5.55. The second kappa shape index (κ2) is 13.0. The van der Waals surface area contributed by atoms with Gasteiger partial charge in [-0.25, -0.2) is 4.39 Å². The number of rotatable bonds is 13. The summed E-state index contributed by atoms with van der Waals surface area (Å²) < 4.78 is 13.7. The molecule has 0 saturated heterocycles. The third-order valence-corrected chi connectivity index (χ3v) is 4.55. The van der Waals surface area contributed by atoms with Gasteiger partial charge in [0.15, 0.2) is 0 Å². The van der Waals surface area contributed by atoms with Crippen LogP contribution in [-0.2, 0) is 0 Å². The lowest BCUT2D eigenvalue weighted by Crippen LogP contribution is -2.32. The first kappa shape index (κ1) is 20.7. The molecule has 0 atom stereocenters. The van der Waals surface area contributed by atoms with Crippen LogP contribution in [0, 0.1) is 5.82 Å². The normalized spacial score (nSPS) is 10.8. The van der Waals surface area contributed by atoms with E-state index in [1.807, 2.05) is 6.92 Å². The number of halogens is 1. The number of hydrogen-bond acceptors (Lipinski definition) is 1. The maximum atomic E-state index is 13.7. The van der Waals surface area contributed by atoms with Crippen molar-refractivity contribution >= 4 is 5.91 Å². The second-order valence-corrected chi connectivity index (χ2v) is 6.55. The Morgan fingerprint density at radius 1 is 0.875 bits per heavy atom. The van der Waals surface area contributed by atoms with Crippen molar-refractivity contribution in [2.24, 2.45) is 0 Å². The molecule has 1 rings (SSSR count). The SMILES string of the molecule is CCCCCCCCCCCCN(CC)C(=O)c1ccccc1F. The van der Waals surface area contributed by atoms with Crippen LogP contribution in [0.25, 0.3) is 0 Å². The molecule has 0 aliphatic carbocycles. The zero-order valence-electron chi connectivity index (χ0n) is 15.5. The molecular weight excluding hydrogens is 301 g/mol. The molecule has 136 valence electrons.